The SMILES string of the molecule is CCC(C)NC1CCN(c2nccs2)CC1. The second-order valence-electron chi connectivity index (χ2n) is 4.55. The molecule has 1 saturated heterocycles. The zero-order valence-electron chi connectivity index (χ0n) is 10.1. The van der Waals surface area contributed by atoms with Crippen LogP contribution in [-0.2, 0) is 0 Å². The second kappa shape index (κ2) is 5.64. The van der Waals surface area contributed by atoms with Crippen LogP contribution in [0, 0.1) is 0 Å². The quantitative estimate of drug-likeness (QED) is 0.875. The molecule has 0 spiro atoms. The number of nitrogens with zero attached hydrogens (tertiary/aromatic N) is 2. The van der Waals surface area contributed by atoms with Gasteiger partial charge in [-0.25, -0.2) is 4.98 Å². The van der Waals surface area contributed by atoms with Crippen LogP contribution in [0.5, 0.6) is 0 Å². The molecular formula is C12H21N3S. The number of hydrogen-bond donors (Lipinski definition) is 1. The molecule has 1 atom stereocenters. The van der Waals surface area contributed by atoms with Gasteiger partial charge in [-0.05, 0) is 26.2 Å². The van der Waals surface area contributed by atoms with Crippen LogP contribution < -0.4 is 10.2 Å². The molecule has 1 fully saturated rings. The van der Waals surface area contributed by atoms with Gasteiger partial charge in [-0.3, -0.25) is 0 Å². The Kier molecular flexibility index (Phi) is 4.18. The molecule has 1 aliphatic rings. The first-order valence-electron chi connectivity index (χ1n) is 6.20. The first kappa shape index (κ1) is 11.9. The maximum absolute atomic E-state index is 4.37. The smallest absolute Gasteiger partial charge is 0.185 e. The zero-order valence-corrected chi connectivity index (χ0v) is 11.0. The Morgan fingerprint density at radius 3 is 2.88 bits per heavy atom. The lowest BCUT2D eigenvalue weighted by Crippen LogP contribution is -2.45. The first-order chi connectivity index (χ1) is 7.79. The lowest BCUT2D eigenvalue weighted by Gasteiger charge is -2.33. The average molecular weight is 239 g/mol. The van der Waals surface area contributed by atoms with E-state index >= 15 is 0 Å². The zero-order chi connectivity index (χ0) is 11.4. The molecule has 1 aromatic heterocycles. The number of rotatable bonds is 4. The minimum Gasteiger partial charge on any atom is -0.348 e. The van der Waals surface area contributed by atoms with Gasteiger partial charge >= 0.3 is 0 Å². The number of anilines is 1. The van der Waals surface area contributed by atoms with Crippen LogP contribution in [0.15, 0.2) is 11.6 Å². The van der Waals surface area contributed by atoms with E-state index in [0.29, 0.717) is 12.1 Å². The molecule has 0 aromatic carbocycles. The monoisotopic (exact) mass is 239 g/mol. The van der Waals surface area contributed by atoms with Crippen LogP contribution in [0.3, 0.4) is 0 Å². The van der Waals surface area contributed by atoms with E-state index in [0.717, 1.165) is 13.1 Å². The molecule has 0 aliphatic carbocycles. The molecular weight excluding hydrogens is 218 g/mol. The van der Waals surface area contributed by atoms with Crippen LogP contribution >= 0.6 is 11.3 Å². The number of piperidine rings is 1. The fraction of sp³-hybridized carbons (Fsp3) is 0.750. The normalized spacial score (nSPS) is 20.0. The molecule has 0 radical (unpaired) electrons. The summed E-state index contributed by atoms with van der Waals surface area (Å²) in [6.45, 7) is 6.79. The van der Waals surface area contributed by atoms with Gasteiger partial charge in [0.15, 0.2) is 5.13 Å². The molecule has 3 nitrogen and oxygen atoms in total. The van der Waals surface area contributed by atoms with Crippen molar-refractivity contribution in [2.24, 2.45) is 0 Å². The third kappa shape index (κ3) is 2.95. The summed E-state index contributed by atoms with van der Waals surface area (Å²) in [5.41, 5.74) is 0. The highest BCUT2D eigenvalue weighted by Crippen LogP contribution is 2.22. The van der Waals surface area contributed by atoms with Gasteiger partial charge in [-0.1, -0.05) is 6.92 Å². The fourth-order valence-corrected chi connectivity index (χ4v) is 2.83. The van der Waals surface area contributed by atoms with E-state index in [4.69, 9.17) is 0 Å². The number of hydrogen-bond acceptors (Lipinski definition) is 4. The molecule has 1 N–H and O–H groups in total. The second-order valence-corrected chi connectivity index (χ2v) is 5.42. The standard InChI is InChI=1S/C12H21N3S/c1-3-10(2)14-11-4-7-15(8-5-11)12-13-6-9-16-12/h6,9-11,14H,3-5,7-8H2,1-2H3. The van der Waals surface area contributed by atoms with Crippen LogP contribution in [0.1, 0.15) is 33.1 Å². The molecule has 0 saturated carbocycles. The van der Waals surface area contributed by atoms with Gasteiger partial charge in [0.05, 0.1) is 0 Å². The Morgan fingerprint density at radius 1 is 1.56 bits per heavy atom. The highest BCUT2D eigenvalue weighted by atomic mass is 32.1. The number of aromatic nitrogens is 1. The maximum Gasteiger partial charge on any atom is 0.185 e. The third-order valence-corrected chi connectivity index (χ3v) is 4.15. The molecule has 2 rings (SSSR count). The summed E-state index contributed by atoms with van der Waals surface area (Å²) in [7, 11) is 0. The van der Waals surface area contributed by atoms with Crippen LogP contribution in [0.25, 0.3) is 0 Å². The van der Waals surface area contributed by atoms with Crippen LogP contribution in [0.2, 0.25) is 0 Å². The van der Waals surface area contributed by atoms with Gasteiger partial charge in [0.2, 0.25) is 0 Å². The van der Waals surface area contributed by atoms with E-state index in [2.05, 4.69) is 34.4 Å². The number of thiazole rings is 1. The van der Waals surface area contributed by atoms with Crippen molar-refractivity contribution in [1.29, 1.82) is 0 Å². The van der Waals surface area contributed by atoms with Gasteiger partial charge in [0, 0.05) is 36.8 Å². The maximum atomic E-state index is 4.37. The molecule has 0 amide bonds. The summed E-state index contributed by atoms with van der Waals surface area (Å²) >= 11 is 1.74. The lowest BCUT2D eigenvalue weighted by molar-refractivity contribution is 0.372. The predicted molar refractivity (Wildman–Crippen MR) is 70.2 cm³/mol. The molecule has 16 heavy (non-hydrogen) atoms. The highest BCUT2D eigenvalue weighted by molar-refractivity contribution is 7.13. The van der Waals surface area contributed by atoms with Crippen molar-refractivity contribution in [3.05, 3.63) is 11.6 Å². The largest absolute Gasteiger partial charge is 0.348 e. The van der Waals surface area contributed by atoms with Crippen molar-refractivity contribution < 1.29 is 0 Å². The van der Waals surface area contributed by atoms with Gasteiger partial charge in [0.25, 0.3) is 0 Å². The van der Waals surface area contributed by atoms with Gasteiger partial charge < -0.3 is 10.2 Å². The molecule has 0 bridgehead atoms. The van der Waals surface area contributed by atoms with Crippen molar-refractivity contribution in [1.82, 2.24) is 10.3 Å². The van der Waals surface area contributed by atoms with Crippen molar-refractivity contribution >= 4 is 16.5 Å². The van der Waals surface area contributed by atoms with Crippen molar-refractivity contribution in [3.8, 4) is 0 Å². The van der Waals surface area contributed by atoms with E-state index < -0.39 is 0 Å². The van der Waals surface area contributed by atoms with Gasteiger partial charge in [0.1, 0.15) is 0 Å². The Balaban J connectivity index is 1.78. The highest BCUT2D eigenvalue weighted by Gasteiger charge is 2.21. The van der Waals surface area contributed by atoms with E-state index in [-0.39, 0.29) is 0 Å². The first-order valence-corrected chi connectivity index (χ1v) is 7.08. The van der Waals surface area contributed by atoms with Crippen LogP contribution in [0.4, 0.5) is 5.13 Å². The van der Waals surface area contributed by atoms with Crippen LogP contribution in [-0.4, -0.2) is 30.2 Å². The number of nitrogens with one attached hydrogen (secondary N) is 1. The van der Waals surface area contributed by atoms with Crippen molar-refractivity contribution in [2.45, 2.75) is 45.2 Å². The summed E-state index contributed by atoms with van der Waals surface area (Å²) in [6, 6.07) is 1.35. The minimum absolute atomic E-state index is 0.649. The predicted octanol–water partition coefficient (Wildman–Crippen LogP) is 2.50. The average Bonchev–Trinajstić information content (AvgIpc) is 2.83. The minimum atomic E-state index is 0.649. The summed E-state index contributed by atoms with van der Waals surface area (Å²) in [6.07, 6.45) is 5.59. The Hall–Kier alpha value is -0.610. The molecule has 1 aliphatic heterocycles. The van der Waals surface area contributed by atoms with Crippen molar-refractivity contribution in [2.75, 3.05) is 18.0 Å². The Labute approximate surface area is 102 Å². The Morgan fingerprint density at radius 2 is 2.31 bits per heavy atom. The van der Waals surface area contributed by atoms with E-state index in [1.54, 1.807) is 11.3 Å². The van der Waals surface area contributed by atoms with E-state index in [9.17, 15) is 0 Å². The molecule has 2 heterocycles. The fourth-order valence-electron chi connectivity index (χ4n) is 2.13. The Bertz CT molecular complexity index is 291. The summed E-state index contributed by atoms with van der Waals surface area (Å²) in [5.74, 6) is 0. The van der Waals surface area contributed by atoms with Crippen molar-refractivity contribution in [3.63, 3.8) is 0 Å². The molecule has 1 unspecified atom stereocenters. The third-order valence-electron chi connectivity index (χ3n) is 3.32. The lowest BCUT2D eigenvalue weighted by atomic mass is 10.0. The van der Waals surface area contributed by atoms with E-state index in [1.165, 1.54) is 24.4 Å². The summed E-state index contributed by atoms with van der Waals surface area (Å²) in [5, 5.41) is 6.93. The molecule has 1 aromatic rings. The molecule has 90 valence electrons. The van der Waals surface area contributed by atoms with Gasteiger partial charge in [-0.2, -0.15) is 0 Å². The van der Waals surface area contributed by atoms with Gasteiger partial charge in [-0.15, -0.1) is 11.3 Å². The van der Waals surface area contributed by atoms with E-state index in [1.807, 2.05) is 6.20 Å². The molecule has 4 heteroatoms. The topological polar surface area (TPSA) is 28.2 Å². The summed E-state index contributed by atoms with van der Waals surface area (Å²) in [4.78, 5) is 6.77. The summed E-state index contributed by atoms with van der Waals surface area (Å²) < 4.78 is 0.